The maximum Gasteiger partial charge on any atom is 0.244 e. The van der Waals surface area contributed by atoms with Gasteiger partial charge in [0, 0.05) is 24.2 Å². The van der Waals surface area contributed by atoms with Crippen molar-refractivity contribution >= 4 is 63.2 Å². The summed E-state index contributed by atoms with van der Waals surface area (Å²) in [6.45, 7) is 1.15. The van der Waals surface area contributed by atoms with Crippen LogP contribution in [0.1, 0.15) is 27.6 Å². The zero-order valence-electron chi connectivity index (χ0n) is 18.0. The van der Waals surface area contributed by atoms with Crippen molar-refractivity contribution in [2.45, 2.75) is 25.8 Å². The molecule has 0 radical (unpaired) electrons. The third-order valence-corrected chi connectivity index (χ3v) is 6.87. The highest BCUT2D eigenvalue weighted by molar-refractivity contribution is 14.1. The number of ketones is 1. The van der Waals surface area contributed by atoms with Crippen molar-refractivity contribution < 1.29 is 14.1 Å². The van der Waals surface area contributed by atoms with E-state index >= 15 is 0 Å². The van der Waals surface area contributed by atoms with Crippen LogP contribution in [0.4, 0.5) is 0 Å². The number of carbonyl (C=O) groups is 1. The number of benzene rings is 3. The molecule has 0 aliphatic carbocycles. The van der Waals surface area contributed by atoms with Crippen molar-refractivity contribution in [3.63, 3.8) is 0 Å². The molecule has 0 aliphatic heterocycles. The van der Waals surface area contributed by atoms with Crippen molar-refractivity contribution in [3.8, 4) is 0 Å². The highest BCUT2D eigenvalue weighted by atomic mass is 127. The summed E-state index contributed by atoms with van der Waals surface area (Å²) in [4.78, 5) is 12.6. The van der Waals surface area contributed by atoms with Gasteiger partial charge in [-0.25, -0.2) is 9.13 Å². The van der Waals surface area contributed by atoms with Gasteiger partial charge in [0.15, 0.2) is 6.54 Å². The van der Waals surface area contributed by atoms with E-state index in [4.69, 9.17) is 39.5 Å². The van der Waals surface area contributed by atoms with E-state index in [-0.39, 0.29) is 18.4 Å². The molecule has 34 heavy (non-hydrogen) atoms. The van der Waals surface area contributed by atoms with Crippen LogP contribution in [0.5, 0.6) is 0 Å². The smallest absolute Gasteiger partial charge is 0.244 e. The number of carbonyl (C=O) groups excluding carboxylic acids is 1. The summed E-state index contributed by atoms with van der Waals surface area (Å²) in [7, 11) is 0. The molecule has 1 aromatic heterocycles. The van der Waals surface area contributed by atoms with E-state index in [1.165, 1.54) is 0 Å². The Morgan fingerprint density at radius 1 is 0.971 bits per heavy atom. The Hall–Kier alpha value is -1.90. The number of halogens is 4. The molecular formula is C26H21Cl3IN2O2+. The number of hydrogen-bond acceptors (Lipinski definition) is 2. The number of imidazole rings is 1. The van der Waals surface area contributed by atoms with Gasteiger partial charge in [0.25, 0.3) is 0 Å². The summed E-state index contributed by atoms with van der Waals surface area (Å²) in [6, 6.07) is 20.5. The molecule has 0 spiro atoms. The molecule has 4 aromatic rings. The monoisotopic (exact) mass is 625 g/mol. The maximum absolute atomic E-state index is 12.6. The quantitative estimate of drug-likeness (QED) is 0.112. The topological polar surface area (TPSA) is 35.1 Å². The summed E-state index contributed by atoms with van der Waals surface area (Å²) in [6.07, 6.45) is 5.48. The van der Waals surface area contributed by atoms with Gasteiger partial charge >= 0.3 is 0 Å². The van der Waals surface area contributed by atoms with Crippen molar-refractivity contribution in [1.82, 2.24) is 4.57 Å². The molecule has 0 amide bonds. The number of rotatable bonds is 9. The third kappa shape index (κ3) is 6.83. The molecule has 0 N–H and O–H groups in total. The number of nitrogens with zero attached hydrogens (tertiary/aromatic N) is 2. The summed E-state index contributed by atoms with van der Waals surface area (Å²) >= 11 is 20.7. The SMILES string of the molecule is O=C(C[n+]1ccn(CC(OCc2ccc(Cl)cc2Cl)c2ccc(Cl)cc2)c1)c1ccc(I)cc1. The third-order valence-electron chi connectivity index (χ3n) is 5.31. The average molecular weight is 627 g/mol. The van der Waals surface area contributed by atoms with Gasteiger partial charge in [-0.05, 0) is 70.1 Å². The Balaban J connectivity index is 1.47. The molecule has 8 heteroatoms. The van der Waals surface area contributed by atoms with Crippen LogP contribution in [0.3, 0.4) is 0 Å². The van der Waals surface area contributed by atoms with Crippen molar-refractivity contribution in [2.75, 3.05) is 0 Å². The summed E-state index contributed by atoms with van der Waals surface area (Å²) in [5.74, 6) is 0.0574. The van der Waals surface area contributed by atoms with E-state index in [1.807, 2.05) is 82.5 Å². The van der Waals surface area contributed by atoms with Gasteiger partial charge in [0.2, 0.25) is 12.1 Å². The highest BCUT2D eigenvalue weighted by Gasteiger charge is 2.19. The highest BCUT2D eigenvalue weighted by Crippen LogP contribution is 2.26. The van der Waals surface area contributed by atoms with Gasteiger partial charge in [-0.1, -0.05) is 65.1 Å². The number of ether oxygens (including phenoxy) is 1. The Morgan fingerprint density at radius 3 is 2.38 bits per heavy atom. The molecule has 1 unspecified atom stereocenters. The minimum absolute atomic E-state index is 0.0574. The summed E-state index contributed by atoms with van der Waals surface area (Å²) in [5, 5.41) is 1.81. The first-order chi connectivity index (χ1) is 16.4. The van der Waals surface area contributed by atoms with Crippen LogP contribution in [0, 0.1) is 3.57 Å². The van der Waals surface area contributed by atoms with Gasteiger partial charge in [0.1, 0.15) is 25.0 Å². The van der Waals surface area contributed by atoms with Gasteiger partial charge in [-0.15, -0.1) is 0 Å². The van der Waals surface area contributed by atoms with Gasteiger partial charge in [-0.3, -0.25) is 4.79 Å². The van der Waals surface area contributed by atoms with Crippen LogP contribution >= 0.6 is 57.4 Å². The van der Waals surface area contributed by atoms with Gasteiger partial charge in [0.05, 0.1) is 6.61 Å². The predicted octanol–water partition coefficient (Wildman–Crippen LogP) is 7.18. The Bertz CT molecular complexity index is 1270. The van der Waals surface area contributed by atoms with Crippen LogP contribution in [-0.4, -0.2) is 10.4 Å². The fraction of sp³-hybridized carbons (Fsp3) is 0.154. The zero-order chi connectivity index (χ0) is 24.1. The molecule has 0 fully saturated rings. The van der Waals surface area contributed by atoms with Crippen LogP contribution in [0.25, 0.3) is 0 Å². The van der Waals surface area contributed by atoms with Crippen molar-refractivity contribution in [2.24, 2.45) is 0 Å². The second-order valence-corrected chi connectivity index (χ2v) is 10.3. The molecule has 0 bridgehead atoms. The molecule has 3 aromatic carbocycles. The largest absolute Gasteiger partial charge is 0.365 e. The van der Waals surface area contributed by atoms with E-state index < -0.39 is 0 Å². The lowest BCUT2D eigenvalue weighted by atomic mass is 10.1. The molecule has 1 atom stereocenters. The first kappa shape index (κ1) is 25.2. The first-order valence-electron chi connectivity index (χ1n) is 10.5. The second-order valence-electron chi connectivity index (χ2n) is 7.80. The number of hydrogen-bond donors (Lipinski definition) is 0. The molecule has 0 aliphatic rings. The Kier molecular flexibility index (Phi) is 8.66. The van der Waals surface area contributed by atoms with E-state index in [0.29, 0.717) is 33.8 Å². The molecule has 1 heterocycles. The van der Waals surface area contributed by atoms with Crippen molar-refractivity contribution in [3.05, 3.63) is 121 Å². The van der Waals surface area contributed by atoms with E-state index in [9.17, 15) is 4.79 Å². The Labute approximate surface area is 227 Å². The zero-order valence-corrected chi connectivity index (χ0v) is 22.4. The molecule has 4 rings (SSSR count). The fourth-order valence-corrected chi connectivity index (χ4v) is 4.43. The Morgan fingerprint density at radius 2 is 1.68 bits per heavy atom. The fourth-order valence-electron chi connectivity index (χ4n) is 3.49. The minimum Gasteiger partial charge on any atom is -0.365 e. The molecule has 0 saturated heterocycles. The lowest BCUT2D eigenvalue weighted by molar-refractivity contribution is -0.682. The maximum atomic E-state index is 12.6. The van der Waals surface area contributed by atoms with Crippen LogP contribution < -0.4 is 4.57 Å². The van der Waals surface area contributed by atoms with Gasteiger partial charge in [-0.2, -0.15) is 0 Å². The molecule has 174 valence electrons. The van der Waals surface area contributed by atoms with Crippen LogP contribution in [0.15, 0.2) is 85.5 Å². The van der Waals surface area contributed by atoms with Gasteiger partial charge < -0.3 is 4.74 Å². The normalized spacial score (nSPS) is 12.0. The molecule has 4 nitrogen and oxygen atoms in total. The van der Waals surface area contributed by atoms with Crippen LogP contribution in [0.2, 0.25) is 15.1 Å². The predicted molar refractivity (Wildman–Crippen MR) is 144 cm³/mol. The standard InChI is InChI=1S/C26H21Cl3IN2O2/c27-21-6-1-19(2-7-21)26(34-16-20-3-8-22(28)13-24(20)29)15-32-12-11-31(17-32)14-25(33)18-4-9-23(30)10-5-18/h1-13,17,26H,14-16H2/q+1. The minimum atomic E-state index is -0.253. The summed E-state index contributed by atoms with van der Waals surface area (Å²) < 4.78 is 11.3. The summed E-state index contributed by atoms with van der Waals surface area (Å²) in [5.41, 5.74) is 2.54. The first-order valence-corrected chi connectivity index (χ1v) is 12.7. The lowest BCUT2D eigenvalue weighted by Crippen LogP contribution is -2.36. The lowest BCUT2D eigenvalue weighted by Gasteiger charge is -2.17. The van der Waals surface area contributed by atoms with E-state index in [2.05, 4.69) is 22.6 Å². The van der Waals surface area contributed by atoms with E-state index in [1.54, 1.807) is 12.1 Å². The molecular weight excluding hydrogens is 606 g/mol. The number of Topliss-reactive ketones (excluding diaryl/α,β-unsaturated/α-hetero) is 1. The molecule has 0 saturated carbocycles. The number of aromatic nitrogens is 2. The average Bonchev–Trinajstić information content (AvgIpc) is 3.25. The van der Waals surface area contributed by atoms with E-state index in [0.717, 1.165) is 14.7 Å². The van der Waals surface area contributed by atoms with Crippen molar-refractivity contribution in [1.29, 1.82) is 0 Å². The van der Waals surface area contributed by atoms with Crippen LogP contribution in [-0.2, 0) is 24.4 Å². The second kappa shape index (κ2) is 11.7.